The highest BCUT2D eigenvalue weighted by Crippen LogP contribution is 2.48. The molecular weight excluding hydrogens is 222 g/mol. The van der Waals surface area contributed by atoms with Crippen molar-refractivity contribution in [3.8, 4) is 5.75 Å². The van der Waals surface area contributed by atoms with Crippen molar-refractivity contribution >= 4 is 0 Å². The summed E-state index contributed by atoms with van der Waals surface area (Å²) in [5, 5.41) is 3.70. The molecule has 0 amide bonds. The zero-order chi connectivity index (χ0) is 13.0. The van der Waals surface area contributed by atoms with E-state index in [4.69, 9.17) is 4.74 Å². The Kier molecular flexibility index (Phi) is 4.65. The van der Waals surface area contributed by atoms with Crippen LogP contribution in [0.25, 0.3) is 0 Å². The molecule has 2 heteroatoms. The average molecular weight is 247 g/mol. The molecule has 100 valence electrons. The van der Waals surface area contributed by atoms with Crippen LogP contribution < -0.4 is 10.1 Å². The molecule has 1 N–H and O–H groups in total. The summed E-state index contributed by atoms with van der Waals surface area (Å²) in [6.45, 7) is 8.42. The first kappa shape index (κ1) is 13.4. The van der Waals surface area contributed by atoms with Crippen molar-refractivity contribution in [2.75, 3.05) is 13.2 Å². The Bertz CT molecular complexity index is 377. The van der Waals surface area contributed by atoms with E-state index < -0.39 is 0 Å². The van der Waals surface area contributed by atoms with Crippen LogP contribution in [-0.2, 0) is 0 Å². The number of ether oxygens (including phenoxy) is 1. The molecule has 1 fully saturated rings. The molecule has 18 heavy (non-hydrogen) atoms. The first-order valence-electron chi connectivity index (χ1n) is 7.23. The van der Waals surface area contributed by atoms with Gasteiger partial charge in [0.1, 0.15) is 5.75 Å². The van der Waals surface area contributed by atoms with E-state index in [1.54, 1.807) is 0 Å². The smallest absolute Gasteiger partial charge is 0.124 e. The third kappa shape index (κ3) is 3.05. The molecule has 1 saturated carbocycles. The van der Waals surface area contributed by atoms with Gasteiger partial charge in [0.25, 0.3) is 0 Å². The molecule has 2 nitrogen and oxygen atoms in total. The van der Waals surface area contributed by atoms with Gasteiger partial charge in [-0.2, -0.15) is 0 Å². The van der Waals surface area contributed by atoms with Crippen LogP contribution in [0.2, 0.25) is 0 Å². The first-order chi connectivity index (χ1) is 8.77. The van der Waals surface area contributed by atoms with Crippen LogP contribution in [0.1, 0.15) is 45.2 Å². The van der Waals surface area contributed by atoms with E-state index in [-0.39, 0.29) is 0 Å². The molecule has 3 atom stereocenters. The molecule has 0 aliphatic heterocycles. The number of para-hydroxylation sites is 1. The summed E-state index contributed by atoms with van der Waals surface area (Å²) in [7, 11) is 0. The summed E-state index contributed by atoms with van der Waals surface area (Å²) in [6.07, 6.45) is 2.51. The highest BCUT2D eigenvalue weighted by atomic mass is 16.5. The molecule has 0 radical (unpaired) electrons. The summed E-state index contributed by atoms with van der Waals surface area (Å²) < 4.78 is 5.77. The number of benzene rings is 1. The Balaban J connectivity index is 2.18. The van der Waals surface area contributed by atoms with Crippen LogP contribution in [0.3, 0.4) is 0 Å². The first-order valence-corrected chi connectivity index (χ1v) is 7.23. The van der Waals surface area contributed by atoms with Gasteiger partial charge in [0, 0.05) is 11.6 Å². The second-order valence-corrected chi connectivity index (χ2v) is 5.28. The highest BCUT2D eigenvalue weighted by molar-refractivity contribution is 5.37. The lowest BCUT2D eigenvalue weighted by Gasteiger charge is -2.22. The fourth-order valence-corrected chi connectivity index (χ4v) is 2.63. The van der Waals surface area contributed by atoms with Gasteiger partial charge in [-0.1, -0.05) is 32.0 Å². The van der Waals surface area contributed by atoms with Gasteiger partial charge in [-0.05, 0) is 44.2 Å². The Labute approximate surface area is 111 Å². The van der Waals surface area contributed by atoms with E-state index in [1.807, 2.05) is 6.92 Å². The molecular formula is C16H25NO. The quantitative estimate of drug-likeness (QED) is 0.791. The summed E-state index contributed by atoms with van der Waals surface area (Å²) in [5.74, 6) is 2.67. The van der Waals surface area contributed by atoms with Crippen LogP contribution in [0.4, 0.5) is 0 Å². The van der Waals surface area contributed by atoms with Gasteiger partial charge in [-0.25, -0.2) is 0 Å². The Morgan fingerprint density at radius 2 is 2.06 bits per heavy atom. The van der Waals surface area contributed by atoms with Gasteiger partial charge in [-0.15, -0.1) is 0 Å². The van der Waals surface area contributed by atoms with Crippen molar-refractivity contribution in [1.29, 1.82) is 0 Å². The van der Waals surface area contributed by atoms with Crippen molar-refractivity contribution in [3.63, 3.8) is 0 Å². The van der Waals surface area contributed by atoms with E-state index in [2.05, 4.69) is 43.4 Å². The van der Waals surface area contributed by atoms with Gasteiger partial charge in [0.15, 0.2) is 0 Å². The average Bonchev–Trinajstić information content (AvgIpc) is 3.09. The van der Waals surface area contributed by atoms with E-state index in [0.717, 1.165) is 30.7 Å². The van der Waals surface area contributed by atoms with Crippen molar-refractivity contribution in [2.24, 2.45) is 11.8 Å². The molecule has 0 heterocycles. The fraction of sp³-hybridized carbons (Fsp3) is 0.625. The second-order valence-electron chi connectivity index (χ2n) is 5.28. The van der Waals surface area contributed by atoms with Crippen LogP contribution >= 0.6 is 0 Å². The van der Waals surface area contributed by atoms with E-state index in [0.29, 0.717) is 6.04 Å². The molecule has 0 aromatic heterocycles. The molecule has 0 bridgehead atoms. The highest BCUT2D eigenvalue weighted by Gasteiger charge is 2.40. The molecule has 1 aliphatic rings. The minimum absolute atomic E-state index is 0.461. The summed E-state index contributed by atoms with van der Waals surface area (Å²) in [4.78, 5) is 0. The monoisotopic (exact) mass is 247 g/mol. The van der Waals surface area contributed by atoms with Gasteiger partial charge in [0.05, 0.1) is 6.61 Å². The normalized spacial score (nSPS) is 23.7. The molecule has 1 aromatic rings. The van der Waals surface area contributed by atoms with Crippen LogP contribution in [0.5, 0.6) is 5.75 Å². The van der Waals surface area contributed by atoms with Crippen LogP contribution in [0.15, 0.2) is 24.3 Å². The van der Waals surface area contributed by atoms with Crippen molar-refractivity contribution in [2.45, 2.75) is 39.7 Å². The van der Waals surface area contributed by atoms with E-state index in [9.17, 15) is 0 Å². The lowest BCUT2D eigenvalue weighted by Crippen LogP contribution is -2.25. The van der Waals surface area contributed by atoms with Gasteiger partial charge < -0.3 is 10.1 Å². The standard InChI is InChI=1S/C16H25NO/c1-4-10-17-16(14-11-12(14)3)13-8-6-7-9-15(13)18-5-2/h6-9,12,14,16-17H,4-5,10-11H2,1-3H3. The predicted octanol–water partition coefficient (Wildman–Crippen LogP) is 3.78. The maximum atomic E-state index is 5.77. The second kappa shape index (κ2) is 6.24. The number of hydrogen-bond donors (Lipinski definition) is 1. The number of hydrogen-bond acceptors (Lipinski definition) is 2. The van der Waals surface area contributed by atoms with Crippen molar-refractivity contribution in [3.05, 3.63) is 29.8 Å². The van der Waals surface area contributed by atoms with E-state index >= 15 is 0 Å². The molecule has 1 aromatic carbocycles. The summed E-state index contributed by atoms with van der Waals surface area (Å²) in [5.41, 5.74) is 1.34. The van der Waals surface area contributed by atoms with Gasteiger partial charge in [-0.3, -0.25) is 0 Å². The Morgan fingerprint density at radius 3 is 2.67 bits per heavy atom. The summed E-state index contributed by atoms with van der Waals surface area (Å²) >= 11 is 0. The largest absolute Gasteiger partial charge is 0.494 e. The lowest BCUT2D eigenvalue weighted by atomic mass is 10.00. The molecule has 3 unspecified atom stereocenters. The minimum Gasteiger partial charge on any atom is -0.494 e. The maximum Gasteiger partial charge on any atom is 0.124 e. The maximum absolute atomic E-state index is 5.77. The molecule has 0 saturated heterocycles. The van der Waals surface area contributed by atoms with Gasteiger partial charge in [0.2, 0.25) is 0 Å². The molecule has 1 aliphatic carbocycles. The van der Waals surface area contributed by atoms with Crippen LogP contribution in [0, 0.1) is 11.8 Å². The SMILES string of the molecule is CCCNC(c1ccccc1OCC)C1CC1C. The Hall–Kier alpha value is -1.02. The summed E-state index contributed by atoms with van der Waals surface area (Å²) in [6, 6.07) is 8.94. The van der Waals surface area contributed by atoms with Crippen molar-refractivity contribution in [1.82, 2.24) is 5.32 Å². The number of rotatable bonds is 7. The topological polar surface area (TPSA) is 21.3 Å². The zero-order valence-electron chi connectivity index (χ0n) is 11.8. The minimum atomic E-state index is 0.461. The lowest BCUT2D eigenvalue weighted by molar-refractivity contribution is 0.327. The third-order valence-electron chi connectivity index (χ3n) is 3.77. The third-order valence-corrected chi connectivity index (χ3v) is 3.77. The van der Waals surface area contributed by atoms with Crippen molar-refractivity contribution < 1.29 is 4.74 Å². The predicted molar refractivity (Wildman–Crippen MR) is 75.9 cm³/mol. The number of nitrogens with one attached hydrogen (secondary N) is 1. The molecule has 0 spiro atoms. The van der Waals surface area contributed by atoms with E-state index in [1.165, 1.54) is 18.4 Å². The van der Waals surface area contributed by atoms with Gasteiger partial charge >= 0.3 is 0 Å². The fourth-order valence-electron chi connectivity index (χ4n) is 2.63. The zero-order valence-corrected chi connectivity index (χ0v) is 11.8. The molecule has 2 rings (SSSR count). The van der Waals surface area contributed by atoms with Crippen LogP contribution in [-0.4, -0.2) is 13.2 Å². The Morgan fingerprint density at radius 1 is 1.33 bits per heavy atom.